The Kier molecular flexibility index (Phi) is 4.21. The molecular formula is C35H20N2OS. The lowest BCUT2D eigenvalue weighted by molar-refractivity contribution is 0.574. The van der Waals surface area contributed by atoms with Gasteiger partial charge < -0.3 is 4.42 Å². The Bertz CT molecular complexity index is 2350. The molecule has 3 heterocycles. The molecule has 4 heteroatoms. The summed E-state index contributed by atoms with van der Waals surface area (Å²) in [6.45, 7) is 0. The summed E-state index contributed by atoms with van der Waals surface area (Å²) in [4.78, 5) is 5.19. The first-order chi connectivity index (χ1) is 19.3. The van der Waals surface area contributed by atoms with Crippen LogP contribution in [0.4, 0.5) is 0 Å². The highest BCUT2D eigenvalue weighted by atomic mass is 32.1. The number of oxazole rings is 1. The first-order valence-corrected chi connectivity index (χ1v) is 13.9. The molecule has 0 saturated carbocycles. The van der Waals surface area contributed by atoms with Gasteiger partial charge in [0, 0.05) is 36.5 Å². The monoisotopic (exact) mass is 516 g/mol. The van der Waals surface area contributed by atoms with E-state index in [1.807, 2.05) is 11.3 Å². The summed E-state index contributed by atoms with van der Waals surface area (Å²) >= 11 is 1.83. The average Bonchev–Trinajstić information content (AvgIpc) is 3.67. The molecule has 0 amide bonds. The van der Waals surface area contributed by atoms with Crippen molar-refractivity contribution >= 4 is 75.2 Å². The van der Waals surface area contributed by atoms with Crippen LogP contribution in [0.3, 0.4) is 0 Å². The van der Waals surface area contributed by atoms with Crippen molar-refractivity contribution < 1.29 is 4.42 Å². The van der Waals surface area contributed by atoms with Crippen molar-refractivity contribution in [3.05, 3.63) is 121 Å². The zero-order valence-electron chi connectivity index (χ0n) is 20.8. The maximum atomic E-state index is 6.66. The Hall–Kier alpha value is -4.93. The van der Waals surface area contributed by atoms with Gasteiger partial charge >= 0.3 is 6.01 Å². The minimum absolute atomic E-state index is 0.592. The van der Waals surface area contributed by atoms with Crippen molar-refractivity contribution in [3.63, 3.8) is 0 Å². The predicted molar refractivity (Wildman–Crippen MR) is 164 cm³/mol. The van der Waals surface area contributed by atoms with Gasteiger partial charge in [-0.25, -0.2) is 0 Å². The van der Waals surface area contributed by atoms with Crippen LogP contribution < -0.4 is 0 Å². The van der Waals surface area contributed by atoms with Gasteiger partial charge in [-0.1, -0.05) is 91.0 Å². The quantitative estimate of drug-likeness (QED) is 0.229. The third-order valence-corrected chi connectivity index (χ3v) is 9.03. The average molecular weight is 517 g/mol. The fourth-order valence-corrected chi connectivity index (χ4v) is 7.30. The first kappa shape index (κ1) is 21.1. The molecule has 9 rings (SSSR count). The van der Waals surface area contributed by atoms with Crippen molar-refractivity contribution in [1.82, 2.24) is 9.55 Å². The van der Waals surface area contributed by atoms with Gasteiger partial charge in [0.15, 0.2) is 5.58 Å². The van der Waals surface area contributed by atoms with E-state index >= 15 is 0 Å². The van der Waals surface area contributed by atoms with E-state index in [0.29, 0.717) is 6.01 Å². The molecule has 0 bridgehead atoms. The SMILES string of the molecule is c1ccc2cc(-c3cc4oc(-n5c6ccccc6c6ccccc65)nc4c4c3sc3ccccc34)ccc2c1. The maximum Gasteiger partial charge on any atom is 0.307 e. The normalized spacial score (nSPS) is 12.1. The topological polar surface area (TPSA) is 31.0 Å². The van der Waals surface area contributed by atoms with E-state index in [0.717, 1.165) is 27.5 Å². The fraction of sp³-hybridized carbons (Fsp3) is 0. The molecule has 0 fully saturated rings. The number of aromatic nitrogens is 2. The van der Waals surface area contributed by atoms with E-state index in [2.05, 4.69) is 126 Å². The van der Waals surface area contributed by atoms with Gasteiger partial charge in [-0.2, -0.15) is 4.98 Å². The van der Waals surface area contributed by atoms with Crippen LogP contribution in [0.1, 0.15) is 0 Å². The zero-order chi connectivity index (χ0) is 25.5. The molecule has 0 saturated heterocycles. The molecule has 0 spiro atoms. The van der Waals surface area contributed by atoms with E-state index < -0.39 is 0 Å². The summed E-state index contributed by atoms with van der Waals surface area (Å²) < 4.78 is 11.3. The summed E-state index contributed by atoms with van der Waals surface area (Å²) in [6.07, 6.45) is 0. The molecule has 0 aliphatic rings. The molecule has 0 atom stereocenters. The first-order valence-electron chi connectivity index (χ1n) is 13.1. The van der Waals surface area contributed by atoms with E-state index in [1.165, 1.54) is 47.5 Å². The summed E-state index contributed by atoms with van der Waals surface area (Å²) in [6, 6.07) is 43.5. The number of hydrogen-bond donors (Lipinski definition) is 0. The van der Waals surface area contributed by atoms with Gasteiger partial charge in [-0.05, 0) is 46.7 Å². The lowest BCUT2D eigenvalue weighted by Gasteiger charge is -2.06. The third kappa shape index (κ3) is 2.95. The van der Waals surface area contributed by atoms with E-state index in [1.54, 1.807) is 0 Å². The summed E-state index contributed by atoms with van der Waals surface area (Å²) in [5.41, 5.74) is 6.24. The molecule has 182 valence electrons. The van der Waals surface area contributed by atoms with E-state index in [4.69, 9.17) is 9.40 Å². The molecule has 39 heavy (non-hydrogen) atoms. The van der Waals surface area contributed by atoms with Gasteiger partial charge in [0.1, 0.15) is 5.52 Å². The Balaban J connectivity index is 1.40. The Morgan fingerprint density at radius 2 is 1.28 bits per heavy atom. The van der Waals surface area contributed by atoms with Gasteiger partial charge in [0.05, 0.1) is 11.0 Å². The number of benzene rings is 6. The van der Waals surface area contributed by atoms with Crippen molar-refractivity contribution in [2.45, 2.75) is 0 Å². The van der Waals surface area contributed by atoms with Crippen molar-refractivity contribution in [2.24, 2.45) is 0 Å². The molecule has 6 aromatic carbocycles. The van der Waals surface area contributed by atoms with Crippen LogP contribution in [0, 0.1) is 0 Å². The van der Waals surface area contributed by atoms with Crippen molar-refractivity contribution in [1.29, 1.82) is 0 Å². The molecular weight excluding hydrogens is 496 g/mol. The van der Waals surface area contributed by atoms with Crippen LogP contribution in [-0.2, 0) is 0 Å². The lowest BCUT2D eigenvalue weighted by atomic mass is 9.99. The minimum Gasteiger partial charge on any atom is -0.423 e. The van der Waals surface area contributed by atoms with Crippen LogP contribution in [0.5, 0.6) is 0 Å². The van der Waals surface area contributed by atoms with E-state index in [9.17, 15) is 0 Å². The molecule has 0 N–H and O–H groups in total. The summed E-state index contributed by atoms with van der Waals surface area (Å²) in [5.74, 6) is 0. The van der Waals surface area contributed by atoms with Crippen LogP contribution in [0.25, 0.3) is 81.0 Å². The van der Waals surface area contributed by atoms with Crippen molar-refractivity contribution in [2.75, 3.05) is 0 Å². The number of hydrogen-bond acceptors (Lipinski definition) is 3. The van der Waals surface area contributed by atoms with Crippen LogP contribution in [-0.4, -0.2) is 9.55 Å². The second-order valence-electron chi connectivity index (χ2n) is 10.0. The van der Waals surface area contributed by atoms with Gasteiger partial charge in [-0.15, -0.1) is 11.3 Å². The van der Waals surface area contributed by atoms with Crippen LogP contribution in [0.15, 0.2) is 126 Å². The second kappa shape index (κ2) is 7.79. The van der Waals surface area contributed by atoms with Crippen LogP contribution in [0.2, 0.25) is 0 Å². The third-order valence-electron chi connectivity index (χ3n) is 7.83. The number of thiophene rings is 1. The van der Waals surface area contributed by atoms with Gasteiger partial charge in [0.25, 0.3) is 0 Å². The highest BCUT2D eigenvalue weighted by Crippen LogP contribution is 2.45. The zero-order valence-corrected chi connectivity index (χ0v) is 21.6. The largest absolute Gasteiger partial charge is 0.423 e. The summed E-state index contributed by atoms with van der Waals surface area (Å²) in [7, 11) is 0. The molecule has 0 aliphatic heterocycles. The number of nitrogens with zero attached hydrogens (tertiary/aromatic N) is 2. The van der Waals surface area contributed by atoms with Gasteiger partial charge in [-0.3, -0.25) is 4.57 Å². The van der Waals surface area contributed by atoms with Gasteiger partial charge in [0.2, 0.25) is 0 Å². The molecule has 3 aromatic heterocycles. The lowest BCUT2D eigenvalue weighted by Crippen LogP contribution is -1.93. The number of para-hydroxylation sites is 2. The van der Waals surface area contributed by atoms with E-state index in [-0.39, 0.29) is 0 Å². The van der Waals surface area contributed by atoms with Crippen molar-refractivity contribution in [3.8, 4) is 17.1 Å². The number of rotatable bonds is 2. The smallest absolute Gasteiger partial charge is 0.307 e. The van der Waals surface area contributed by atoms with Crippen LogP contribution >= 0.6 is 11.3 Å². The standard InChI is InChI=1S/C35H20N2OS/c1-2-10-22-19-23(18-17-21(22)9-1)27-20-30-33(32-26-13-5-8-16-31(26)39-34(27)32)36-35(38-30)37-28-14-6-3-11-24(28)25-12-4-7-15-29(25)37/h1-20H. The predicted octanol–water partition coefficient (Wildman–Crippen LogP) is 10.1. The molecule has 9 aromatic rings. The highest BCUT2D eigenvalue weighted by Gasteiger charge is 2.21. The molecule has 0 radical (unpaired) electrons. The molecule has 0 unspecified atom stereocenters. The minimum atomic E-state index is 0.592. The second-order valence-corrected chi connectivity index (χ2v) is 11.1. The Morgan fingerprint density at radius 3 is 2.08 bits per heavy atom. The molecule has 3 nitrogen and oxygen atoms in total. The molecule has 0 aliphatic carbocycles. The summed E-state index contributed by atoms with van der Waals surface area (Å²) in [5, 5.41) is 7.23. The highest BCUT2D eigenvalue weighted by molar-refractivity contribution is 7.26. The number of fused-ring (bicyclic) bond motifs is 9. The fourth-order valence-electron chi connectivity index (χ4n) is 6.06. The maximum absolute atomic E-state index is 6.66. The Morgan fingerprint density at radius 1 is 0.615 bits per heavy atom. The Labute approximate surface area is 227 Å².